The molecule has 0 saturated heterocycles. The van der Waals surface area contributed by atoms with Gasteiger partial charge < -0.3 is 5.32 Å². The van der Waals surface area contributed by atoms with Crippen molar-refractivity contribution in [2.24, 2.45) is 0 Å². The van der Waals surface area contributed by atoms with Crippen LogP contribution in [0.5, 0.6) is 0 Å². The van der Waals surface area contributed by atoms with Crippen LogP contribution in [0.15, 0.2) is 24.7 Å². The fourth-order valence-corrected chi connectivity index (χ4v) is 1.48. The van der Waals surface area contributed by atoms with E-state index >= 15 is 0 Å². The van der Waals surface area contributed by atoms with Gasteiger partial charge in [0.25, 0.3) is 0 Å². The second-order valence-electron chi connectivity index (χ2n) is 3.46. The summed E-state index contributed by atoms with van der Waals surface area (Å²) in [7, 11) is 0. The maximum absolute atomic E-state index is 13.0. The van der Waals surface area contributed by atoms with Crippen LogP contribution in [-0.4, -0.2) is 21.3 Å². The Balaban J connectivity index is 2.37. The molecule has 0 fully saturated rings. The van der Waals surface area contributed by atoms with Crippen molar-refractivity contribution in [2.75, 3.05) is 11.9 Å². The summed E-state index contributed by atoms with van der Waals surface area (Å²) in [6, 6.07) is 1.40. The number of pyridine rings is 1. The van der Waals surface area contributed by atoms with E-state index in [-0.39, 0.29) is 5.82 Å². The van der Waals surface area contributed by atoms with Crippen molar-refractivity contribution in [2.45, 2.75) is 13.8 Å². The van der Waals surface area contributed by atoms with E-state index in [1.54, 1.807) is 10.9 Å². The number of halogens is 1. The zero-order chi connectivity index (χ0) is 11.5. The molecule has 0 amide bonds. The number of rotatable bonds is 3. The van der Waals surface area contributed by atoms with Crippen LogP contribution < -0.4 is 5.32 Å². The highest BCUT2D eigenvalue weighted by molar-refractivity contribution is 5.47. The van der Waals surface area contributed by atoms with E-state index in [0.29, 0.717) is 5.69 Å². The van der Waals surface area contributed by atoms with Gasteiger partial charge >= 0.3 is 0 Å². The number of hydrogen-bond donors (Lipinski definition) is 1. The minimum absolute atomic E-state index is 0.365. The molecule has 0 atom stereocenters. The van der Waals surface area contributed by atoms with Crippen LogP contribution in [0.25, 0.3) is 5.69 Å². The van der Waals surface area contributed by atoms with Crippen LogP contribution in [0.1, 0.15) is 12.6 Å². The molecule has 2 aromatic heterocycles. The van der Waals surface area contributed by atoms with E-state index in [2.05, 4.69) is 15.4 Å². The van der Waals surface area contributed by atoms with Gasteiger partial charge in [-0.1, -0.05) is 0 Å². The third kappa shape index (κ3) is 2.03. The molecule has 2 rings (SSSR count). The fourth-order valence-electron chi connectivity index (χ4n) is 1.48. The first kappa shape index (κ1) is 10.6. The van der Waals surface area contributed by atoms with Crippen LogP contribution >= 0.6 is 0 Å². The molecule has 1 N–H and O–H groups in total. The molecule has 0 radical (unpaired) electrons. The molecule has 84 valence electrons. The van der Waals surface area contributed by atoms with E-state index in [0.717, 1.165) is 17.9 Å². The summed E-state index contributed by atoms with van der Waals surface area (Å²) < 4.78 is 14.6. The summed E-state index contributed by atoms with van der Waals surface area (Å²) in [5.74, 6) is -0.365. The van der Waals surface area contributed by atoms with Crippen molar-refractivity contribution in [1.82, 2.24) is 14.8 Å². The third-order valence-electron chi connectivity index (χ3n) is 2.22. The molecular formula is C11H13FN4. The quantitative estimate of drug-likeness (QED) is 0.861. The first-order valence-electron chi connectivity index (χ1n) is 5.11. The molecule has 2 aromatic rings. The highest BCUT2D eigenvalue weighted by Crippen LogP contribution is 2.15. The number of hydrogen-bond acceptors (Lipinski definition) is 3. The van der Waals surface area contributed by atoms with Crippen molar-refractivity contribution in [3.63, 3.8) is 0 Å². The molecular weight excluding hydrogens is 207 g/mol. The largest absolute Gasteiger partial charge is 0.383 e. The first-order valence-corrected chi connectivity index (χ1v) is 5.11. The monoisotopic (exact) mass is 220 g/mol. The van der Waals surface area contributed by atoms with Crippen LogP contribution in [-0.2, 0) is 0 Å². The summed E-state index contributed by atoms with van der Waals surface area (Å²) >= 11 is 0. The molecule has 2 heterocycles. The number of aromatic nitrogens is 3. The fraction of sp³-hybridized carbons (Fsp3) is 0.273. The van der Waals surface area contributed by atoms with E-state index < -0.39 is 0 Å². The van der Waals surface area contributed by atoms with Gasteiger partial charge in [0.15, 0.2) is 0 Å². The normalized spacial score (nSPS) is 10.4. The second-order valence-corrected chi connectivity index (χ2v) is 3.46. The highest BCUT2D eigenvalue weighted by atomic mass is 19.1. The highest BCUT2D eigenvalue weighted by Gasteiger charge is 2.05. The van der Waals surface area contributed by atoms with Crippen molar-refractivity contribution >= 4 is 5.69 Å². The lowest BCUT2D eigenvalue weighted by molar-refractivity contribution is 0.618. The van der Waals surface area contributed by atoms with Gasteiger partial charge in [-0.05, 0) is 13.8 Å². The van der Waals surface area contributed by atoms with E-state index in [1.807, 2.05) is 20.0 Å². The maximum atomic E-state index is 13.0. The first-order chi connectivity index (χ1) is 7.70. The lowest BCUT2D eigenvalue weighted by atomic mass is 10.4. The van der Waals surface area contributed by atoms with Gasteiger partial charge in [-0.2, -0.15) is 5.10 Å². The van der Waals surface area contributed by atoms with Crippen LogP contribution in [0.2, 0.25) is 0 Å². The predicted octanol–water partition coefficient (Wildman–Crippen LogP) is 2.15. The number of anilines is 1. The van der Waals surface area contributed by atoms with E-state index in [1.165, 1.54) is 12.3 Å². The Morgan fingerprint density at radius 3 is 2.94 bits per heavy atom. The van der Waals surface area contributed by atoms with Crippen LogP contribution in [0.4, 0.5) is 10.1 Å². The Bertz CT molecular complexity index is 492. The Hall–Kier alpha value is -1.91. The topological polar surface area (TPSA) is 42.7 Å². The SMILES string of the molecule is CCNc1cn(-c2cncc(F)c2)nc1C. The maximum Gasteiger partial charge on any atom is 0.143 e. The summed E-state index contributed by atoms with van der Waals surface area (Å²) in [5.41, 5.74) is 2.45. The lowest BCUT2D eigenvalue weighted by Gasteiger charge is -1.99. The molecule has 0 unspecified atom stereocenters. The molecule has 0 saturated carbocycles. The minimum Gasteiger partial charge on any atom is -0.383 e. The van der Waals surface area contributed by atoms with E-state index in [4.69, 9.17) is 0 Å². The molecule has 16 heavy (non-hydrogen) atoms. The number of nitrogens with one attached hydrogen (secondary N) is 1. The summed E-state index contributed by atoms with van der Waals surface area (Å²) in [4.78, 5) is 3.79. The molecule has 0 bridgehead atoms. The van der Waals surface area contributed by atoms with Gasteiger partial charge in [-0.25, -0.2) is 9.07 Å². The van der Waals surface area contributed by atoms with Gasteiger partial charge in [0.2, 0.25) is 0 Å². The molecule has 0 aliphatic heterocycles. The summed E-state index contributed by atoms with van der Waals surface area (Å²) in [6.07, 6.45) is 4.57. The predicted molar refractivity (Wildman–Crippen MR) is 60.2 cm³/mol. The Kier molecular flexibility index (Phi) is 2.85. The average Bonchev–Trinajstić information content (AvgIpc) is 2.61. The van der Waals surface area contributed by atoms with Gasteiger partial charge in [0.05, 0.1) is 35.7 Å². The van der Waals surface area contributed by atoms with Crippen molar-refractivity contribution in [1.29, 1.82) is 0 Å². The van der Waals surface area contributed by atoms with Crippen molar-refractivity contribution in [3.8, 4) is 5.69 Å². The third-order valence-corrected chi connectivity index (χ3v) is 2.22. The molecule has 0 spiro atoms. The van der Waals surface area contributed by atoms with Crippen molar-refractivity contribution in [3.05, 3.63) is 36.2 Å². The molecule has 4 nitrogen and oxygen atoms in total. The van der Waals surface area contributed by atoms with E-state index in [9.17, 15) is 4.39 Å². The molecule has 0 aliphatic carbocycles. The minimum atomic E-state index is -0.365. The van der Waals surface area contributed by atoms with Gasteiger partial charge in [0, 0.05) is 12.6 Å². The smallest absolute Gasteiger partial charge is 0.143 e. The van der Waals surface area contributed by atoms with Crippen molar-refractivity contribution < 1.29 is 4.39 Å². The molecule has 0 aliphatic rings. The summed E-state index contributed by atoms with van der Waals surface area (Å²) in [6.45, 7) is 4.75. The Morgan fingerprint density at radius 1 is 1.44 bits per heavy atom. The molecule has 0 aromatic carbocycles. The van der Waals surface area contributed by atoms with Crippen LogP contribution in [0.3, 0.4) is 0 Å². The van der Waals surface area contributed by atoms with Gasteiger partial charge in [0.1, 0.15) is 5.82 Å². The number of nitrogens with zero attached hydrogens (tertiary/aromatic N) is 3. The number of aryl methyl sites for hydroxylation is 1. The standard InChI is InChI=1S/C11H13FN4/c1-3-14-11-7-16(15-8(11)2)10-4-9(12)5-13-6-10/h4-7,14H,3H2,1-2H3. The Morgan fingerprint density at radius 2 is 2.25 bits per heavy atom. The summed E-state index contributed by atoms with van der Waals surface area (Å²) in [5, 5.41) is 7.47. The second kappa shape index (κ2) is 4.30. The average molecular weight is 220 g/mol. The zero-order valence-electron chi connectivity index (χ0n) is 9.24. The lowest BCUT2D eigenvalue weighted by Crippen LogP contribution is -1.97. The van der Waals surface area contributed by atoms with Gasteiger partial charge in [-0.15, -0.1) is 0 Å². The van der Waals surface area contributed by atoms with Gasteiger partial charge in [-0.3, -0.25) is 4.98 Å². The zero-order valence-corrected chi connectivity index (χ0v) is 9.24. The molecule has 5 heteroatoms. The van der Waals surface area contributed by atoms with Crippen LogP contribution in [0, 0.1) is 12.7 Å². The Labute approximate surface area is 93.1 Å².